The summed E-state index contributed by atoms with van der Waals surface area (Å²) in [6.45, 7) is 1.90. The third-order valence-electron chi connectivity index (χ3n) is 4.86. The highest BCUT2D eigenvalue weighted by atomic mass is 35.5. The van der Waals surface area contributed by atoms with Crippen molar-refractivity contribution in [2.45, 2.75) is 23.8 Å². The molecule has 0 aliphatic carbocycles. The van der Waals surface area contributed by atoms with E-state index >= 15 is 0 Å². The first-order chi connectivity index (χ1) is 11.8. The van der Waals surface area contributed by atoms with Gasteiger partial charge in [-0.25, -0.2) is 13.6 Å². The third-order valence-corrected chi connectivity index (χ3v) is 5.77. The van der Waals surface area contributed by atoms with Gasteiger partial charge in [-0.05, 0) is 31.2 Å². The van der Waals surface area contributed by atoms with Gasteiger partial charge in [0.2, 0.25) is 21.8 Å². The largest absolute Gasteiger partial charge is 0.341 e. The molecule has 3 N–H and O–H groups in total. The number of likely N-dealkylation sites (N-methyl/N-ethyl adjacent to an activating group) is 1. The molecule has 0 bridgehead atoms. The molecular weight excluding hydrogens is 380 g/mol. The molecule has 144 valence electrons. The molecule has 1 aromatic carbocycles. The van der Waals surface area contributed by atoms with Gasteiger partial charge < -0.3 is 15.1 Å². The summed E-state index contributed by atoms with van der Waals surface area (Å²) < 4.78 is 23.0. The number of rotatable bonds is 4. The van der Waals surface area contributed by atoms with Crippen LogP contribution in [0.25, 0.3) is 0 Å². The highest BCUT2D eigenvalue weighted by Gasteiger charge is 2.38. The lowest BCUT2D eigenvalue weighted by atomic mass is 10.1. The zero-order valence-corrected chi connectivity index (χ0v) is 16.1. The van der Waals surface area contributed by atoms with Gasteiger partial charge in [0.1, 0.15) is 0 Å². The number of nitrogens with two attached hydrogens (primary N) is 1. The van der Waals surface area contributed by atoms with Crippen molar-refractivity contribution in [1.29, 1.82) is 0 Å². The summed E-state index contributed by atoms with van der Waals surface area (Å²) in [5, 5.41) is 8.37. The molecule has 8 nitrogen and oxygen atoms in total. The third kappa shape index (κ3) is 4.17. The first kappa shape index (κ1) is 20.6. The van der Waals surface area contributed by atoms with Crippen molar-refractivity contribution in [3.8, 4) is 0 Å². The summed E-state index contributed by atoms with van der Waals surface area (Å²) in [5.74, 6) is -0.661. The van der Waals surface area contributed by atoms with Crippen LogP contribution in [0.5, 0.6) is 0 Å². The molecule has 2 heterocycles. The Bertz CT molecular complexity index is 795. The smallest absolute Gasteiger partial charge is 0.238 e. The number of anilines is 1. The van der Waals surface area contributed by atoms with Crippen LogP contribution in [0.15, 0.2) is 29.2 Å². The number of carbonyl (C=O) groups is 2. The molecule has 2 aliphatic heterocycles. The maximum Gasteiger partial charge on any atom is 0.238 e. The highest BCUT2D eigenvalue weighted by molar-refractivity contribution is 7.89. The van der Waals surface area contributed by atoms with Gasteiger partial charge in [-0.2, -0.15) is 0 Å². The minimum atomic E-state index is -3.85. The Morgan fingerprint density at radius 3 is 2.73 bits per heavy atom. The van der Waals surface area contributed by atoms with E-state index in [2.05, 4.69) is 5.32 Å². The van der Waals surface area contributed by atoms with E-state index in [-0.39, 0.29) is 48.1 Å². The average molecular weight is 403 g/mol. The number of amides is 2. The number of benzene rings is 1. The summed E-state index contributed by atoms with van der Waals surface area (Å²) in [6.07, 6.45) is 1.03. The Balaban J connectivity index is 0.00000243. The monoisotopic (exact) mass is 402 g/mol. The molecule has 2 fully saturated rings. The van der Waals surface area contributed by atoms with Crippen LogP contribution in [0.1, 0.15) is 12.8 Å². The molecule has 0 spiro atoms. The minimum absolute atomic E-state index is 0. The number of nitrogens with zero attached hydrogens (tertiary/aromatic N) is 2. The van der Waals surface area contributed by atoms with Crippen molar-refractivity contribution in [3.05, 3.63) is 24.3 Å². The number of nitrogens with one attached hydrogen (secondary N) is 1. The van der Waals surface area contributed by atoms with Crippen LogP contribution < -0.4 is 15.4 Å². The van der Waals surface area contributed by atoms with E-state index < -0.39 is 15.9 Å². The molecule has 2 amide bonds. The van der Waals surface area contributed by atoms with Gasteiger partial charge in [0, 0.05) is 38.3 Å². The van der Waals surface area contributed by atoms with Crippen LogP contribution in [0.4, 0.5) is 5.69 Å². The van der Waals surface area contributed by atoms with E-state index in [1.165, 1.54) is 23.1 Å². The second-order valence-electron chi connectivity index (χ2n) is 6.54. The summed E-state index contributed by atoms with van der Waals surface area (Å²) >= 11 is 0. The SMILES string of the molecule is CN(C(=O)C1CC(=O)N(c2cccc(S(N)(=O)=O)c2)C1)C1CCNC1.Cl. The number of halogens is 1. The van der Waals surface area contributed by atoms with Crippen LogP contribution in [-0.2, 0) is 19.6 Å². The molecule has 2 unspecified atom stereocenters. The fraction of sp³-hybridized carbons (Fsp3) is 0.500. The normalized spacial score (nSPS) is 23.0. The zero-order chi connectivity index (χ0) is 18.2. The number of sulfonamides is 1. The maximum absolute atomic E-state index is 12.7. The molecule has 1 aromatic rings. The lowest BCUT2D eigenvalue weighted by molar-refractivity contribution is -0.136. The van der Waals surface area contributed by atoms with Crippen LogP contribution in [0, 0.1) is 5.92 Å². The van der Waals surface area contributed by atoms with Gasteiger partial charge in [-0.3, -0.25) is 9.59 Å². The lowest BCUT2D eigenvalue weighted by Crippen LogP contribution is -2.42. The molecule has 0 radical (unpaired) electrons. The lowest BCUT2D eigenvalue weighted by Gasteiger charge is -2.26. The summed E-state index contributed by atoms with van der Waals surface area (Å²) in [7, 11) is -2.07. The topological polar surface area (TPSA) is 113 Å². The molecule has 3 rings (SSSR count). The summed E-state index contributed by atoms with van der Waals surface area (Å²) in [6, 6.07) is 6.08. The van der Waals surface area contributed by atoms with Crippen LogP contribution >= 0.6 is 12.4 Å². The quantitative estimate of drug-likeness (QED) is 0.731. The van der Waals surface area contributed by atoms with E-state index in [1.54, 1.807) is 18.0 Å². The van der Waals surface area contributed by atoms with Gasteiger partial charge in [0.15, 0.2) is 0 Å². The Hall–Kier alpha value is -1.68. The van der Waals surface area contributed by atoms with Crippen molar-refractivity contribution in [2.24, 2.45) is 11.1 Å². The molecule has 0 aromatic heterocycles. The van der Waals surface area contributed by atoms with E-state index in [4.69, 9.17) is 5.14 Å². The van der Waals surface area contributed by atoms with E-state index in [0.717, 1.165) is 19.5 Å². The van der Waals surface area contributed by atoms with Gasteiger partial charge in [0.05, 0.1) is 10.8 Å². The Morgan fingerprint density at radius 2 is 2.12 bits per heavy atom. The van der Waals surface area contributed by atoms with E-state index in [0.29, 0.717) is 5.69 Å². The Morgan fingerprint density at radius 1 is 1.38 bits per heavy atom. The Kier molecular flexibility index (Phi) is 6.28. The predicted molar refractivity (Wildman–Crippen MR) is 99.6 cm³/mol. The molecule has 2 atom stereocenters. The maximum atomic E-state index is 12.7. The molecule has 2 aliphatic rings. The molecule has 2 saturated heterocycles. The Labute approximate surface area is 159 Å². The van der Waals surface area contributed by atoms with Crippen molar-refractivity contribution in [3.63, 3.8) is 0 Å². The first-order valence-electron chi connectivity index (χ1n) is 8.18. The van der Waals surface area contributed by atoms with Gasteiger partial charge in [0.25, 0.3) is 0 Å². The van der Waals surface area contributed by atoms with Crippen LogP contribution in [0.3, 0.4) is 0 Å². The summed E-state index contributed by atoms with van der Waals surface area (Å²) in [4.78, 5) is 28.2. The molecule has 0 saturated carbocycles. The molecular formula is C16H23ClN4O4S. The number of primary sulfonamides is 1. The van der Waals surface area contributed by atoms with Gasteiger partial charge in [-0.15, -0.1) is 12.4 Å². The zero-order valence-electron chi connectivity index (χ0n) is 14.4. The summed E-state index contributed by atoms with van der Waals surface area (Å²) in [5.41, 5.74) is 0.442. The fourth-order valence-electron chi connectivity index (χ4n) is 3.39. The van der Waals surface area contributed by atoms with E-state index in [1.807, 2.05) is 0 Å². The number of carbonyl (C=O) groups excluding carboxylic acids is 2. The van der Waals surface area contributed by atoms with Crippen LogP contribution in [0.2, 0.25) is 0 Å². The standard InChI is InChI=1S/C16H22N4O4S.ClH/c1-19(13-5-6-18-9-13)16(22)11-7-15(21)20(10-11)12-3-2-4-14(8-12)25(17,23)24;/h2-4,8,11,13,18H,5-7,9-10H2,1H3,(H2,17,23,24);1H. The van der Waals surface area contributed by atoms with Crippen molar-refractivity contribution in [2.75, 3.05) is 31.6 Å². The van der Waals surface area contributed by atoms with Crippen LogP contribution in [-0.4, -0.2) is 57.9 Å². The number of hydrogen-bond donors (Lipinski definition) is 2. The van der Waals surface area contributed by atoms with E-state index in [9.17, 15) is 18.0 Å². The number of hydrogen-bond acceptors (Lipinski definition) is 5. The molecule has 10 heteroatoms. The predicted octanol–water partition coefficient (Wildman–Crippen LogP) is -0.0710. The second-order valence-corrected chi connectivity index (χ2v) is 8.10. The second kappa shape index (κ2) is 7.91. The van der Waals surface area contributed by atoms with Crippen molar-refractivity contribution >= 4 is 39.9 Å². The van der Waals surface area contributed by atoms with Gasteiger partial charge in [-0.1, -0.05) is 6.07 Å². The highest BCUT2D eigenvalue weighted by Crippen LogP contribution is 2.28. The average Bonchev–Trinajstić information content (AvgIpc) is 3.22. The van der Waals surface area contributed by atoms with Crippen molar-refractivity contribution < 1.29 is 18.0 Å². The van der Waals surface area contributed by atoms with Crippen molar-refractivity contribution in [1.82, 2.24) is 10.2 Å². The minimum Gasteiger partial charge on any atom is -0.341 e. The first-order valence-corrected chi connectivity index (χ1v) is 9.72. The van der Waals surface area contributed by atoms with Gasteiger partial charge >= 0.3 is 0 Å². The molecule has 26 heavy (non-hydrogen) atoms. The fourth-order valence-corrected chi connectivity index (χ4v) is 3.94.